The van der Waals surface area contributed by atoms with Crippen molar-refractivity contribution in [2.75, 3.05) is 22.9 Å². The molecule has 0 spiro atoms. The molecular weight excluding hydrogens is 472 g/mol. The summed E-state index contributed by atoms with van der Waals surface area (Å²) < 4.78 is 2.57. The van der Waals surface area contributed by atoms with E-state index in [1.165, 1.54) is 15.6 Å². The van der Waals surface area contributed by atoms with Gasteiger partial charge in [0.2, 0.25) is 5.91 Å². The second kappa shape index (κ2) is 9.09. The van der Waals surface area contributed by atoms with Crippen LogP contribution in [-0.4, -0.2) is 44.4 Å². The molecule has 0 unspecified atom stereocenters. The summed E-state index contributed by atoms with van der Waals surface area (Å²) in [5.74, 6) is -0.0900. The Morgan fingerprint density at radius 3 is 2.51 bits per heavy atom. The van der Waals surface area contributed by atoms with Crippen molar-refractivity contribution in [1.29, 1.82) is 5.26 Å². The number of nitrogens with two attached hydrogens (primary N) is 1. The van der Waals surface area contributed by atoms with Gasteiger partial charge in [0.25, 0.3) is 0 Å². The van der Waals surface area contributed by atoms with Crippen molar-refractivity contribution in [3.8, 4) is 22.9 Å². The summed E-state index contributed by atoms with van der Waals surface area (Å²) in [6.07, 6.45) is 3.00. The number of amides is 3. The van der Waals surface area contributed by atoms with E-state index < -0.39 is 5.91 Å². The zero-order valence-electron chi connectivity index (χ0n) is 20.1. The molecule has 3 heterocycles. The van der Waals surface area contributed by atoms with Crippen molar-refractivity contribution in [2.45, 2.75) is 6.92 Å². The van der Waals surface area contributed by atoms with Crippen LogP contribution in [0.3, 0.4) is 0 Å². The van der Waals surface area contributed by atoms with Crippen LogP contribution in [0.2, 0.25) is 0 Å². The molecule has 184 valence electrons. The largest absolute Gasteiger partial charge is 0.366 e. The Morgan fingerprint density at radius 2 is 1.81 bits per heavy atom. The Balaban J connectivity index is 1.50. The summed E-state index contributed by atoms with van der Waals surface area (Å²) in [5, 5.41) is 14.0. The van der Waals surface area contributed by atoms with Gasteiger partial charge in [0.15, 0.2) is 0 Å². The number of nitrogens with zero attached hydrogens (tertiary/aromatic N) is 7. The number of hydrogen-bond donors (Lipinski definition) is 1. The quantitative estimate of drug-likeness (QED) is 0.451. The Kier molecular flexibility index (Phi) is 5.77. The topological polar surface area (TPSA) is 143 Å². The van der Waals surface area contributed by atoms with Crippen LogP contribution >= 0.6 is 0 Å². The van der Waals surface area contributed by atoms with E-state index >= 15 is 0 Å². The van der Waals surface area contributed by atoms with Crippen LogP contribution in [0, 0.1) is 18.3 Å². The van der Waals surface area contributed by atoms with E-state index in [1.807, 2.05) is 6.92 Å². The molecule has 0 bridgehead atoms. The predicted molar refractivity (Wildman–Crippen MR) is 137 cm³/mol. The van der Waals surface area contributed by atoms with E-state index in [4.69, 9.17) is 5.73 Å². The zero-order valence-corrected chi connectivity index (χ0v) is 20.1. The molecule has 11 nitrogen and oxygen atoms in total. The maximum absolute atomic E-state index is 13.3. The average Bonchev–Trinajstić information content (AvgIpc) is 3.45. The summed E-state index contributed by atoms with van der Waals surface area (Å²) in [5.41, 5.74) is 8.90. The highest BCUT2D eigenvalue weighted by molar-refractivity contribution is 6.07. The van der Waals surface area contributed by atoms with Crippen LogP contribution in [0.4, 0.5) is 16.3 Å². The van der Waals surface area contributed by atoms with Gasteiger partial charge in [0.05, 0.1) is 17.3 Å². The lowest BCUT2D eigenvalue weighted by Gasteiger charge is -2.21. The van der Waals surface area contributed by atoms with Crippen molar-refractivity contribution in [1.82, 2.24) is 19.3 Å². The van der Waals surface area contributed by atoms with Gasteiger partial charge in [-0.3, -0.25) is 19.2 Å². The van der Waals surface area contributed by atoms with Gasteiger partial charge >= 0.3 is 11.7 Å². The Hall–Kier alpha value is -5.24. The molecule has 4 aromatic rings. The number of hydrogen-bond acceptors (Lipinski definition) is 6. The Morgan fingerprint density at radius 1 is 1.03 bits per heavy atom. The SMILES string of the molecule is Cc1c(-c2ccc(-n3ncn(C)c3=O)cc2C#N)ccnc1N1CCN(c2cccc(C(N)=O)c2)C1=O. The monoisotopic (exact) mass is 494 g/mol. The standard InChI is InChI=1S/C26H22N8O3/c1-16-21(22-7-6-20(13-18(22)14-27)34-25(36)31(2)15-30-34)8-9-29-24(16)33-11-10-32(26(33)37)19-5-3-4-17(12-19)23(28)35/h3-9,12-13,15H,10-11H2,1-2H3,(H2,28,35). The first kappa shape index (κ1) is 23.5. The van der Waals surface area contributed by atoms with Crippen LogP contribution in [-0.2, 0) is 7.05 Å². The normalized spacial score (nSPS) is 13.2. The summed E-state index contributed by atoms with van der Waals surface area (Å²) >= 11 is 0. The van der Waals surface area contributed by atoms with Crippen molar-refractivity contribution < 1.29 is 9.59 Å². The third-order valence-corrected chi connectivity index (χ3v) is 6.37. The fourth-order valence-corrected chi connectivity index (χ4v) is 4.43. The minimum atomic E-state index is -0.567. The number of primary amides is 1. The van der Waals surface area contributed by atoms with Crippen molar-refractivity contribution in [2.24, 2.45) is 12.8 Å². The van der Waals surface area contributed by atoms with Gasteiger partial charge in [-0.25, -0.2) is 14.6 Å². The highest BCUT2D eigenvalue weighted by Gasteiger charge is 2.33. The number of pyridine rings is 1. The molecular formula is C26H22N8O3. The number of aryl methyl sites for hydroxylation is 1. The lowest BCUT2D eigenvalue weighted by Crippen LogP contribution is -2.32. The first-order chi connectivity index (χ1) is 17.8. The molecule has 1 fully saturated rings. The molecule has 0 saturated carbocycles. The number of rotatable bonds is 5. The first-order valence-corrected chi connectivity index (χ1v) is 11.4. The van der Waals surface area contributed by atoms with E-state index in [1.54, 1.807) is 71.6 Å². The lowest BCUT2D eigenvalue weighted by molar-refractivity contribution is 0.1000. The molecule has 11 heteroatoms. The van der Waals surface area contributed by atoms with Gasteiger partial charge in [-0.15, -0.1) is 0 Å². The maximum Gasteiger partial charge on any atom is 0.350 e. The lowest BCUT2D eigenvalue weighted by atomic mass is 9.96. The number of carbonyl (C=O) groups excluding carboxylic acids is 2. The summed E-state index contributed by atoms with van der Waals surface area (Å²) in [6, 6.07) is 15.4. The molecule has 1 aliphatic rings. The number of carbonyl (C=O) groups is 2. The predicted octanol–water partition coefficient (Wildman–Crippen LogP) is 2.36. The molecule has 0 atom stereocenters. The number of urea groups is 1. The second-order valence-corrected chi connectivity index (χ2v) is 8.59. The van der Waals surface area contributed by atoms with Crippen molar-refractivity contribution >= 4 is 23.4 Å². The highest BCUT2D eigenvalue weighted by Crippen LogP contribution is 2.34. The number of nitriles is 1. The maximum atomic E-state index is 13.3. The smallest absolute Gasteiger partial charge is 0.350 e. The third kappa shape index (κ3) is 4.00. The molecule has 0 radical (unpaired) electrons. The van der Waals surface area contributed by atoms with Crippen LogP contribution in [0.15, 0.2) is 65.8 Å². The van der Waals surface area contributed by atoms with E-state index in [0.717, 1.165) is 11.1 Å². The number of anilines is 2. The molecule has 5 rings (SSSR count). The summed E-state index contributed by atoms with van der Waals surface area (Å²) in [6.45, 7) is 2.65. The number of benzene rings is 2. The first-order valence-electron chi connectivity index (χ1n) is 11.4. The zero-order chi connectivity index (χ0) is 26.3. The fourth-order valence-electron chi connectivity index (χ4n) is 4.43. The van der Waals surface area contributed by atoms with E-state index in [9.17, 15) is 19.6 Å². The fraction of sp³-hybridized carbons (Fsp3) is 0.154. The molecule has 2 aromatic heterocycles. The molecule has 1 saturated heterocycles. The molecule has 2 aromatic carbocycles. The van der Waals surface area contributed by atoms with E-state index in [0.29, 0.717) is 47.0 Å². The highest BCUT2D eigenvalue weighted by atomic mass is 16.2. The molecule has 3 amide bonds. The van der Waals surface area contributed by atoms with Crippen LogP contribution in [0.25, 0.3) is 16.8 Å². The van der Waals surface area contributed by atoms with Crippen molar-refractivity contribution in [3.05, 3.63) is 88.2 Å². The average molecular weight is 495 g/mol. The third-order valence-electron chi connectivity index (χ3n) is 6.37. The Bertz CT molecular complexity index is 1660. The van der Waals surface area contributed by atoms with Crippen LogP contribution in [0.1, 0.15) is 21.5 Å². The summed E-state index contributed by atoms with van der Waals surface area (Å²) in [4.78, 5) is 44.8. The van der Waals surface area contributed by atoms with E-state index in [-0.39, 0.29) is 11.7 Å². The number of aromatic nitrogens is 4. The van der Waals surface area contributed by atoms with Gasteiger partial charge < -0.3 is 5.73 Å². The molecule has 2 N–H and O–H groups in total. The van der Waals surface area contributed by atoms with Crippen LogP contribution in [0.5, 0.6) is 0 Å². The van der Waals surface area contributed by atoms with Gasteiger partial charge in [0, 0.05) is 43.1 Å². The van der Waals surface area contributed by atoms with Crippen LogP contribution < -0.4 is 21.2 Å². The minimum Gasteiger partial charge on any atom is -0.366 e. The Labute approximate surface area is 211 Å². The van der Waals surface area contributed by atoms with Gasteiger partial charge in [0.1, 0.15) is 12.1 Å². The van der Waals surface area contributed by atoms with E-state index in [2.05, 4.69) is 16.2 Å². The van der Waals surface area contributed by atoms with Crippen molar-refractivity contribution in [3.63, 3.8) is 0 Å². The van der Waals surface area contributed by atoms with Gasteiger partial charge in [-0.05, 0) is 54.4 Å². The molecule has 0 aliphatic carbocycles. The second-order valence-electron chi connectivity index (χ2n) is 8.59. The summed E-state index contributed by atoms with van der Waals surface area (Å²) in [7, 11) is 1.60. The van der Waals surface area contributed by atoms with Gasteiger partial charge in [-0.1, -0.05) is 12.1 Å². The molecule has 1 aliphatic heterocycles. The molecule has 37 heavy (non-hydrogen) atoms. The van der Waals surface area contributed by atoms with Gasteiger partial charge in [-0.2, -0.15) is 15.0 Å². The minimum absolute atomic E-state index is 0.278.